The molecule has 0 amide bonds. The second-order valence-corrected chi connectivity index (χ2v) is 2.34. The van der Waals surface area contributed by atoms with Crippen LogP contribution in [0.25, 0.3) is 10.4 Å². The van der Waals surface area contributed by atoms with Crippen molar-refractivity contribution in [2.75, 3.05) is 0 Å². The lowest BCUT2D eigenvalue weighted by Gasteiger charge is -2.12. The molecule has 0 heterocycles. The van der Waals surface area contributed by atoms with Crippen LogP contribution in [0, 0.1) is 0 Å². The maximum Gasteiger partial charge on any atom is 0.332 e. The van der Waals surface area contributed by atoms with Crippen molar-refractivity contribution in [3.05, 3.63) is 10.4 Å². The Morgan fingerprint density at radius 2 is 2.33 bits per heavy atom. The number of carboxylic acid groups (broad SMARTS) is 1. The molecule has 68 valence electrons. The van der Waals surface area contributed by atoms with E-state index in [9.17, 15) is 4.79 Å². The first-order chi connectivity index (χ1) is 5.63. The fourth-order valence-electron chi connectivity index (χ4n) is 0.805. The number of rotatable bonds is 5. The molecule has 0 rings (SSSR count). The largest absolute Gasteiger partial charge is 0.479 e. The lowest BCUT2D eigenvalue weighted by molar-refractivity contribution is -0.147. The van der Waals surface area contributed by atoms with Crippen LogP contribution in [-0.2, 0) is 4.79 Å². The van der Waals surface area contributed by atoms with E-state index in [0.29, 0.717) is 12.8 Å². The highest BCUT2D eigenvalue weighted by atomic mass is 16.4. The molecule has 0 saturated heterocycles. The zero-order valence-electron chi connectivity index (χ0n) is 6.71. The number of nitrogens with zero attached hydrogens (tertiary/aromatic N) is 3. The van der Waals surface area contributed by atoms with Gasteiger partial charge in [0.1, 0.15) is 0 Å². The molecule has 0 radical (unpaired) electrons. The fraction of sp³-hybridized carbons (Fsp3) is 0.833. The normalized spacial score (nSPS) is 14.5. The van der Waals surface area contributed by atoms with Gasteiger partial charge < -0.3 is 10.2 Å². The van der Waals surface area contributed by atoms with Gasteiger partial charge in [-0.15, -0.1) is 0 Å². The third kappa shape index (κ3) is 3.23. The van der Waals surface area contributed by atoms with Crippen LogP contribution in [-0.4, -0.2) is 28.3 Å². The molecule has 2 unspecified atom stereocenters. The Bertz CT molecular complexity index is 200. The summed E-state index contributed by atoms with van der Waals surface area (Å²) in [7, 11) is 0. The molecule has 2 N–H and O–H groups in total. The van der Waals surface area contributed by atoms with Crippen molar-refractivity contribution in [3.63, 3.8) is 0 Å². The van der Waals surface area contributed by atoms with Gasteiger partial charge in [0.25, 0.3) is 0 Å². The molecule has 6 heteroatoms. The number of carboxylic acids is 1. The smallest absolute Gasteiger partial charge is 0.332 e. The highest BCUT2D eigenvalue weighted by molar-refractivity contribution is 5.72. The predicted molar refractivity (Wildman–Crippen MR) is 41.5 cm³/mol. The molecule has 0 spiro atoms. The minimum Gasteiger partial charge on any atom is -0.479 e. The summed E-state index contributed by atoms with van der Waals surface area (Å²) in [6.45, 7) is 1.81. The molecule has 0 fully saturated rings. The predicted octanol–water partition coefficient (Wildman–Crippen LogP) is 0.911. The number of carbonyl (C=O) groups is 1. The summed E-state index contributed by atoms with van der Waals surface area (Å²) in [6, 6.07) is -0.863. The van der Waals surface area contributed by atoms with Crippen LogP contribution in [0.15, 0.2) is 5.11 Å². The molecule has 0 aliphatic carbocycles. The van der Waals surface area contributed by atoms with Gasteiger partial charge in [-0.1, -0.05) is 18.5 Å². The van der Waals surface area contributed by atoms with Crippen LogP contribution in [0.4, 0.5) is 0 Å². The van der Waals surface area contributed by atoms with Gasteiger partial charge in [0.15, 0.2) is 6.10 Å². The summed E-state index contributed by atoms with van der Waals surface area (Å²) >= 11 is 0. The van der Waals surface area contributed by atoms with Crippen molar-refractivity contribution in [2.24, 2.45) is 5.11 Å². The van der Waals surface area contributed by atoms with E-state index in [1.165, 1.54) is 0 Å². The molecule has 0 bridgehead atoms. The first-order valence-electron chi connectivity index (χ1n) is 3.58. The number of hydrogen-bond donors (Lipinski definition) is 2. The summed E-state index contributed by atoms with van der Waals surface area (Å²) < 4.78 is 0. The first kappa shape index (κ1) is 10.7. The highest BCUT2D eigenvalue weighted by Gasteiger charge is 2.23. The Hall–Kier alpha value is -1.26. The van der Waals surface area contributed by atoms with Crippen LogP contribution in [0.2, 0.25) is 0 Å². The second kappa shape index (κ2) is 5.40. The van der Waals surface area contributed by atoms with Gasteiger partial charge in [0.2, 0.25) is 0 Å². The lowest BCUT2D eigenvalue weighted by Crippen LogP contribution is -2.31. The molecule has 0 saturated carbocycles. The van der Waals surface area contributed by atoms with Gasteiger partial charge in [0, 0.05) is 4.91 Å². The molecule has 0 aliphatic rings. The van der Waals surface area contributed by atoms with Gasteiger partial charge in [0.05, 0.1) is 6.04 Å². The average Bonchev–Trinajstić information content (AvgIpc) is 2.03. The Balaban J connectivity index is 4.27. The number of aliphatic hydroxyl groups excluding tert-OH is 1. The van der Waals surface area contributed by atoms with Crippen molar-refractivity contribution in [3.8, 4) is 0 Å². The van der Waals surface area contributed by atoms with E-state index in [1.807, 2.05) is 6.92 Å². The standard InChI is InChI=1S/C6H11N3O3/c1-2-3-4(8-9-7)5(10)6(11)12/h4-5,10H,2-3H2,1H3,(H,11,12). The van der Waals surface area contributed by atoms with E-state index < -0.39 is 18.1 Å². The molecular formula is C6H11N3O3. The Morgan fingerprint density at radius 1 is 1.75 bits per heavy atom. The van der Waals surface area contributed by atoms with Gasteiger partial charge in [-0.2, -0.15) is 0 Å². The molecule has 12 heavy (non-hydrogen) atoms. The van der Waals surface area contributed by atoms with Crippen LogP contribution in [0.3, 0.4) is 0 Å². The van der Waals surface area contributed by atoms with Gasteiger partial charge in [-0.05, 0) is 12.0 Å². The van der Waals surface area contributed by atoms with E-state index in [1.54, 1.807) is 0 Å². The Morgan fingerprint density at radius 3 is 2.67 bits per heavy atom. The molecule has 0 aromatic heterocycles. The Kier molecular flexibility index (Phi) is 4.83. The molecule has 6 nitrogen and oxygen atoms in total. The van der Waals surface area contributed by atoms with Crippen LogP contribution < -0.4 is 0 Å². The van der Waals surface area contributed by atoms with Crippen LogP contribution in [0.1, 0.15) is 19.8 Å². The van der Waals surface area contributed by atoms with Crippen LogP contribution >= 0.6 is 0 Å². The first-order valence-corrected chi connectivity index (χ1v) is 3.58. The molecule has 0 aromatic rings. The topological polar surface area (TPSA) is 106 Å². The summed E-state index contributed by atoms with van der Waals surface area (Å²) in [5.41, 5.74) is 8.05. The maximum atomic E-state index is 10.3. The SMILES string of the molecule is CCCC(N=[N+]=[N-])C(O)C(=O)O. The van der Waals surface area contributed by atoms with E-state index in [4.69, 9.17) is 15.7 Å². The third-order valence-electron chi connectivity index (χ3n) is 1.40. The maximum absolute atomic E-state index is 10.3. The van der Waals surface area contributed by atoms with Crippen molar-refractivity contribution >= 4 is 5.97 Å². The number of azide groups is 1. The number of aliphatic carboxylic acids is 1. The van der Waals surface area contributed by atoms with Crippen molar-refractivity contribution in [1.29, 1.82) is 0 Å². The van der Waals surface area contributed by atoms with Gasteiger partial charge in [-0.3, -0.25) is 0 Å². The van der Waals surface area contributed by atoms with Crippen LogP contribution in [0.5, 0.6) is 0 Å². The van der Waals surface area contributed by atoms with Crippen molar-refractivity contribution in [2.45, 2.75) is 31.9 Å². The molecule has 0 aliphatic heterocycles. The molecule has 2 atom stereocenters. The van der Waals surface area contributed by atoms with E-state index in [2.05, 4.69) is 10.0 Å². The average molecular weight is 173 g/mol. The highest BCUT2D eigenvalue weighted by Crippen LogP contribution is 2.07. The second-order valence-electron chi connectivity index (χ2n) is 2.34. The number of hydrogen-bond acceptors (Lipinski definition) is 3. The lowest BCUT2D eigenvalue weighted by atomic mass is 10.1. The van der Waals surface area contributed by atoms with E-state index >= 15 is 0 Å². The van der Waals surface area contributed by atoms with Gasteiger partial charge in [-0.25, -0.2) is 4.79 Å². The van der Waals surface area contributed by atoms with E-state index in [-0.39, 0.29) is 0 Å². The van der Waals surface area contributed by atoms with Gasteiger partial charge >= 0.3 is 5.97 Å². The zero-order valence-corrected chi connectivity index (χ0v) is 6.71. The third-order valence-corrected chi connectivity index (χ3v) is 1.40. The van der Waals surface area contributed by atoms with Crippen molar-refractivity contribution < 1.29 is 15.0 Å². The monoisotopic (exact) mass is 173 g/mol. The molecule has 0 aromatic carbocycles. The summed E-state index contributed by atoms with van der Waals surface area (Å²) in [5, 5.41) is 20.5. The quantitative estimate of drug-likeness (QED) is 0.366. The minimum absolute atomic E-state index is 0.373. The van der Waals surface area contributed by atoms with E-state index in [0.717, 1.165) is 0 Å². The summed E-state index contributed by atoms with van der Waals surface area (Å²) in [6.07, 6.45) is -0.563. The minimum atomic E-state index is -1.60. The fourth-order valence-corrected chi connectivity index (χ4v) is 0.805. The zero-order chi connectivity index (χ0) is 9.56. The van der Waals surface area contributed by atoms with Crippen molar-refractivity contribution in [1.82, 2.24) is 0 Å². The molecular weight excluding hydrogens is 162 g/mol. The summed E-state index contributed by atoms with van der Waals surface area (Å²) in [4.78, 5) is 12.7. The Labute approximate surface area is 69.4 Å². The summed E-state index contributed by atoms with van der Waals surface area (Å²) in [5.74, 6) is -1.36. The number of aliphatic hydroxyl groups is 1.